The minimum absolute atomic E-state index is 0.0441. The first kappa shape index (κ1) is 21.2. The second-order valence-corrected chi connectivity index (χ2v) is 8.09. The third-order valence-corrected chi connectivity index (χ3v) is 5.30. The topological polar surface area (TPSA) is 69.0 Å². The van der Waals surface area contributed by atoms with E-state index in [0.29, 0.717) is 29.1 Å². The molecule has 0 saturated carbocycles. The Bertz CT molecular complexity index is 991. The summed E-state index contributed by atoms with van der Waals surface area (Å²) in [5.41, 5.74) is 2.36. The van der Waals surface area contributed by atoms with Gasteiger partial charge in [-0.05, 0) is 42.5 Å². The first-order valence-electron chi connectivity index (χ1n) is 9.28. The SMILES string of the molecule is CCSCn1c(NCc2ccc(C)cc2)nnc(COc2ccc(Cl)cc2)c1=O. The number of thioether (sulfide) groups is 1. The first-order valence-corrected chi connectivity index (χ1v) is 10.8. The molecule has 0 saturated heterocycles. The molecule has 0 aliphatic rings. The fraction of sp³-hybridized carbons (Fsp3) is 0.286. The minimum Gasteiger partial charge on any atom is -0.487 e. The lowest BCUT2D eigenvalue weighted by Crippen LogP contribution is -2.29. The lowest BCUT2D eigenvalue weighted by atomic mass is 10.1. The van der Waals surface area contributed by atoms with Gasteiger partial charge in [0, 0.05) is 11.6 Å². The summed E-state index contributed by atoms with van der Waals surface area (Å²) < 4.78 is 7.27. The van der Waals surface area contributed by atoms with E-state index >= 15 is 0 Å². The number of ether oxygens (including phenoxy) is 1. The molecule has 1 heterocycles. The van der Waals surface area contributed by atoms with Gasteiger partial charge in [0.15, 0.2) is 5.69 Å². The van der Waals surface area contributed by atoms with Crippen LogP contribution < -0.4 is 15.6 Å². The zero-order chi connectivity index (χ0) is 20.6. The maximum absolute atomic E-state index is 12.9. The molecule has 0 aliphatic carbocycles. The fourth-order valence-electron chi connectivity index (χ4n) is 2.55. The van der Waals surface area contributed by atoms with Crippen molar-refractivity contribution in [3.8, 4) is 5.75 Å². The van der Waals surface area contributed by atoms with E-state index in [1.807, 2.05) is 26.0 Å². The van der Waals surface area contributed by atoms with Crippen molar-refractivity contribution in [2.24, 2.45) is 0 Å². The van der Waals surface area contributed by atoms with Crippen molar-refractivity contribution in [1.82, 2.24) is 14.8 Å². The van der Waals surface area contributed by atoms with E-state index in [4.69, 9.17) is 16.3 Å². The molecule has 0 unspecified atom stereocenters. The van der Waals surface area contributed by atoms with Gasteiger partial charge in [-0.2, -0.15) is 0 Å². The summed E-state index contributed by atoms with van der Waals surface area (Å²) in [6.07, 6.45) is 0. The van der Waals surface area contributed by atoms with Crippen LogP contribution in [0.3, 0.4) is 0 Å². The number of hydrogen-bond donors (Lipinski definition) is 1. The van der Waals surface area contributed by atoms with Gasteiger partial charge < -0.3 is 10.1 Å². The molecule has 3 rings (SSSR count). The highest BCUT2D eigenvalue weighted by molar-refractivity contribution is 7.98. The van der Waals surface area contributed by atoms with Crippen molar-refractivity contribution < 1.29 is 4.74 Å². The summed E-state index contributed by atoms with van der Waals surface area (Å²) in [6.45, 7) is 4.70. The maximum Gasteiger partial charge on any atom is 0.281 e. The zero-order valence-electron chi connectivity index (χ0n) is 16.4. The van der Waals surface area contributed by atoms with Crippen molar-refractivity contribution >= 4 is 29.3 Å². The third-order valence-electron chi connectivity index (χ3n) is 4.20. The molecular weight excluding hydrogens is 408 g/mol. The number of rotatable bonds is 9. The van der Waals surface area contributed by atoms with E-state index in [2.05, 4.69) is 27.6 Å². The lowest BCUT2D eigenvalue weighted by Gasteiger charge is -2.14. The second-order valence-electron chi connectivity index (χ2n) is 6.41. The Labute approximate surface area is 179 Å². The quantitative estimate of drug-likeness (QED) is 0.539. The van der Waals surface area contributed by atoms with Crippen LogP contribution in [-0.4, -0.2) is 20.5 Å². The Hall–Kier alpha value is -2.51. The predicted molar refractivity (Wildman–Crippen MR) is 119 cm³/mol. The summed E-state index contributed by atoms with van der Waals surface area (Å²) in [5.74, 6) is 2.45. The largest absolute Gasteiger partial charge is 0.487 e. The van der Waals surface area contributed by atoms with Crippen LogP contribution in [0, 0.1) is 6.92 Å². The van der Waals surface area contributed by atoms with Crippen LogP contribution in [0.25, 0.3) is 0 Å². The molecular formula is C21H23ClN4O2S. The molecule has 0 radical (unpaired) electrons. The Balaban J connectivity index is 1.75. The van der Waals surface area contributed by atoms with Crippen LogP contribution in [0.1, 0.15) is 23.7 Å². The number of hydrogen-bond acceptors (Lipinski definition) is 6. The van der Waals surface area contributed by atoms with E-state index in [0.717, 1.165) is 11.3 Å². The molecule has 0 spiro atoms. The molecule has 8 heteroatoms. The van der Waals surface area contributed by atoms with E-state index in [-0.39, 0.29) is 17.9 Å². The van der Waals surface area contributed by atoms with Gasteiger partial charge in [-0.25, -0.2) is 0 Å². The number of anilines is 1. The Morgan fingerprint density at radius 1 is 1.10 bits per heavy atom. The second kappa shape index (κ2) is 10.3. The van der Waals surface area contributed by atoms with Crippen molar-refractivity contribution in [3.05, 3.63) is 80.7 Å². The molecule has 1 aromatic heterocycles. The highest BCUT2D eigenvalue weighted by Crippen LogP contribution is 2.16. The number of nitrogens with zero attached hydrogens (tertiary/aromatic N) is 3. The van der Waals surface area contributed by atoms with Crippen molar-refractivity contribution in [2.75, 3.05) is 11.1 Å². The van der Waals surface area contributed by atoms with E-state index < -0.39 is 0 Å². The highest BCUT2D eigenvalue weighted by atomic mass is 35.5. The molecule has 0 bridgehead atoms. The fourth-order valence-corrected chi connectivity index (χ4v) is 3.28. The van der Waals surface area contributed by atoms with Crippen molar-refractivity contribution in [1.29, 1.82) is 0 Å². The van der Waals surface area contributed by atoms with Gasteiger partial charge in [0.05, 0.1) is 5.88 Å². The first-order chi connectivity index (χ1) is 14.1. The Kier molecular flexibility index (Phi) is 7.55. The molecule has 152 valence electrons. The molecule has 3 aromatic rings. The van der Waals surface area contributed by atoms with Gasteiger partial charge in [-0.15, -0.1) is 22.0 Å². The van der Waals surface area contributed by atoms with Crippen LogP contribution in [0.2, 0.25) is 5.02 Å². The molecule has 29 heavy (non-hydrogen) atoms. The van der Waals surface area contributed by atoms with Crippen LogP contribution in [0.4, 0.5) is 5.95 Å². The number of halogens is 1. The average Bonchev–Trinajstić information content (AvgIpc) is 2.73. The Morgan fingerprint density at radius 2 is 1.83 bits per heavy atom. The number of aryl methyl sites for hydroxylation is 1. The molecule has 2 aromatic carbocycles. The van der Waals surface area contributed by atoms with Crippen molar-refractivity contribution in [3.63, 3.8) is 0 Å². The van der Waals surface area contributed by atoms with Crippen LogP contribution >= 0.6 is 23.4 Å². The third kappa shape index (κ3) is 5.98. The predicted octanol–water partition coefficient (Wildman–Crippen LogP) is 4.50. The van der Waals surface area contributed by atoms with Crippen molar-refractivity contribution in [2.45, 2.75) is 32.9 Å². The average molecular weight is 431 g/mol. The van der Waals surface area contributed by atoms with E-state index in [1.54, 1.807) is 40.6 Å². The number of benzene rings is 2. The van der Waals surface area contributed by atoms with Gasteiger partial charge in [-0.3, -0.25) is 9.36 Å². The highest BCUT2D eigenvalue weighted by Gasteiger charge is 2.13. The van der Waals surface area contributed by atoms with E-state index in [9.17, 15) is 4.79 Å². The number of aromatic nitrogens is 3. The molecule has 6 nitrogen and oxygen atoms in total. The summed E-state index contributed by atoms with van der Waals surface area (Å²) in [4.78, 5) is 12.9. The standard InChI is InChI=1S/C21H23ClN4O2S/c1-3-29-14-26-20(27)19(13-28-18-10-8-17(22)9-11-18)24-25-21(26)23-12-16-6-4-15(2)5-7-16/h4-11H,3,12-14H2,1-2H3,(H,23,25). The smallest absolute Gasteiger partial charge is 0.281 e. The lowest BCUT2D eigenvalue weighted by molar-refractivity contribution is 0.296. The van der Waals surface area contributed by atoms with Gasteiger partial charge >= 0.3 is 0 Å². The van der Waals surface area contributed by atoms with Gasteiger partial charge in [-0.1, -0.05) is 48.4 Å². The zero-order valence-corrected chi connectivity index (χ0v) is 18.0. The Morgan fingerprint density at radius 3 is 2.52 bits per heavy atom. The monoisotopic (exact) mass is 430 g/mol. The van der Waals surface area contributed by atoms with Gasteiger partial charge in [0.25, 0.3) is 5.56 Å². The van der Waals surface area contributed by atoms with Crippen LogP contribution in [-0.2, 0) is 19.0 Å². The summed E-state index contributed by atoms with van der Waals surface area (Å²) in [5, 5.41) is 12.2. The summed E-state index contributed by atoms with van der Waals surface area (Å²) in [7, 11) is 0. The molecule has 0 amide bonds. The van der Waals surface area contributed by atoms with Crippen LogP contribution in [0.15, 0.2) is 53.3 Å². The normalized spacial score (nSPS) is 10.7. The summed E-state index contributed by atoms with van der Waals surface area (Å²) in [6, 6.07) is 15.2. The summed E-state index contributed by atoms with van der Waals surface area (Å²) >= 11 is 7.52. The molecule has 0 atom stereocenters. The van der Waals surface area contributed by atoms with Gasteiger partial charge in [0.2, 0.25) is 5.95 Å². The molecule has 0 aliphatic heterocycles. The molecule has 1 N–H and O–H groups in total. The minimum atomic E-state index is -0.207. The number of nitrogens with one attached hydrogen (secondary N) is 1. The van der Waals surface area contributed by atoms with Gasteiger partial charge in [0.1, 0.15) is 12.4 Å². The van der Waals surface area contributed by atoms with Crippen LogP contribution in [0.5, 0.6) is 5.75 Å². The molecule has 0 fully saturated rings. The maximum atomic E-state index is 12.9. The van der Waals surface area contributed by atoms with E-state index in [1.165, 1.54) is 5.56 Å².